The molecular formula is C67H117NO10. The molecule has 0 aromatic carbocycles. The van der Waals surface area contributed by atoms with Gasteiger partial charge in [-0.05, 0) is 116 Å². The second-order valence-electron chi connectivity index (χ2n) is 21.7. The first-order chi connectivity index (χ1) is 38.2. The molecule has 78 heavy (non-hydrogen) atoms. The number of carbonyl (C=O) groups is 2. The van der Waals surface area contributed by atoms with Gasteiger partial charge in [0.15, 0.2) is 6.29 Å². The van der Waals surface area contributed by atoms with Gasteiger partial charge in [0.2, 0.25) is 5.91 Å². The second-order valence-corrected chi connectivity index (χ2v) is 21.7. The van der Waals surface area contributed by atoms with Crippen molar-refractivity contribution in [3.05, 3.63) is 85.1 Å². The van der Waals surface area contributed by atoms with E-state index in [2.05, 4.69) is 92.1 Å². The third-order valence-electron chi connectivity index (χ3n) is 14.4. The van der Waals surface area contributed by atoms with Crippen LogP contribution >= 0.6 is 0 Å². The Morgan fingerprint density at radius 2 is 0.885 bits per heavy atom. The molecule has 11 nitrogen and oxygen atoms in total. The predicted octanol–water partition coefficient (Wildman–Crippen LogP) is 15.3. The van der Waals surface area contributed by atoms with E-state index >= 15 is 0 Å². The average Bonchev–Trinajstić information content (AvgIpc) is 3.44. The molecule has 1 aliphatic heterocycles. The molecule has 0 aromatic heterocycles. The van der Waals surface area contributed by atoms with Crippen molar-refractivity contribution in [2.45, 2.75) is 307 Å². The minimum absolute atomic E-state index is 0.0212. The van der Waals surface area contributed by atoms with Crippen LogP contribution in [0.5, 0.6) is 0 Å². The van der Waals surface area contributed by atoms with Gasteiger partial charge < -0.3 is 45.1 Å². The lowest BCUT2D eigenvalue weighted by Crippen LogP contribution is -2.60. The Labute approximate surface area is 476 Å². The van der Waals surface area contributed by atoms with E-state index in [0.717, 1.165) is 116 Å². The van der Waals surface area contributed by atoms with Crippen molar-refractivity contribution in [2.75, 3.05) is 19.8 Å². The topological polar surface area (TPSA) is 175 Å². The fourth-order valence-corrected chi connectivity index (χ4v) is 9.34. The van der Waals surface area contributed by atoms with Crippen LogP contribution in [0.4, 0.5) is 0 Å². The maximum atomic E-state index is 13.0. The summed E-state index contributed by atoms with van der Waals surface area (Å²) in [6.45, 7) is 4.22. The number of esters is 1. The van der Waals surface area contributed by atoms with Gasteiger partial charge in [0.05, 0.1) is 32.0 Å². The van der Waals surface area contributed by atoms with Gasteiger partial charge in [-0.25, -0.2) is 0 Å². The molecule has 6 N–H and O–H groups in total. The van der Waals surface area contributed by atoms with E-state index in [1.807, 2.05) is 6.08 Å². The maximum absolute atomic E-state index is 13.0. The SMILES string of the molecule is CCCC/C=C\C/C=C\CCCCCCCC(=O)OCCCCCCCCCCC/C=C\C/C=C\CCCCCCCCCC(=O)NC(COC1OC(CO)C(O)C(O)C1O)C(O)/C=C/CC/C=C/CC/C=C/CCCCC. The van der Waals surface area contributed by atoms with Crippen LogP contribution in [0.2, 0.25) is 0 Å². The van der Waals surface area contributed by atoms with E-state index < -0.39 is 49.5 Å². The molecule has 1 fully saturated rings. The summed E-state index contributed by atoms with van der Waals surface area (Å²) in [5.41, 5.74) is 0. The number of ether oxygens (including phenoxy) is 3. The number of nitrogens with one attached hydrogen (secondary N) is 1. The van der Waals surface area contributed by atoms with Gasteiger partial charge in [-0.2, -0.15) is 0 Å². The van der Waals surface area contributed by atoms with E-state index in [1.165, 1.54) is 122 Å². The number of hydrogen-bond donors (Lipinski definition) is 6. The van der Waals surface area contributed by atoms with Crippen LogP contribution < -0.4 is 5.32 Å². The standard InChI is InChI=1S/C67H117NO10/c1-3-5-7-9-11-13-15-17-31-35-39-43-47-51-55-63(72)76-56-52-48-44-40-36-32-28-26-24-22-20-18-19-21-23-25-27-30-34-38-42-46-50-54-62(71)68-59(58-77-67-66(75)65(74)64(73)61(57-69)78-67)60(70)53-49-45-41-37-33-29-16-14-12-10-8-6-4-2/h9,11-12,14-15,17-18,20-21,23,33,37,49,53,59-61,64-67,69-70,73-75H,3-8,10,13,16,19,22,24-32,34-36,38-48,50-52,54-58H2,1-2H3,(H,68,71)/b11-9-,14-12+,17-15-,20-18-,23-21-,37-33+,53-49+. The normalized spacial score (nSPS) is 19.1. The fraction of sp³-hybridized carbons (Fsp3) is 0.761. The van der Waals surface area contributed by atoms with E-state index in [0.29, 0.717) is 19.4 Å². The quantitative estimate of drug-likeness (QED) is 0.0195. The maximum Gasteiger partial charge on any atom is 0.305 e. The van der Waals surface area contributed by atoms with Crippen molar-refractivity contribution >= 4 is 11.9 Å². The van der Waals surface area contributed by atoms with Crippen LogP contribution in [0.25, 0.3) is 0 Å². The van der Waals surface area contributed by atoms with Gasteiger partial charge in [-0.1, -0.05) is 221 Å². The molecule has 11 heteroatoms. The highest BCUT2D eigenvalue weighted by atomic mass is 16.7. The number of rotatable bonds is 54. The first kappa shape index (κ1) is 72.9. The zero-order valence-corrected chi connectivity index (χ0v) is 49.6. The Morgan fingerprint density at radius 3 is 1.38 bits per heavy atom. The Kier molecular flexibility index (Phi) is 52.1. The van der Waals surface area contributed by atoms with Crippen molar-refractivity contribution in [1.29, 1.82) is 0 Å². The van der Waals surface area contributed by atoms with E-state index in [-0.39, 0.29) is 18.5 Å². The smallest absolute Gasteiger partial charge is 0.305 e. The van der Waals surface area contributed by atoms with Crippen LogP contribution in [0, 0.1) is 0 Å². The number of aliphatic hydroxyl groups excluding tert-OH is 5. The van der Waals surface area contributed by atoms with Crippen LogP contribution in [0.3, 0.4) is 0 Å². The fourth-order valence-electron chi connectivity index (χ4n) is 9.34. The summed E-state index contributed by atoms with van der Waals surface area (Å²) < 4.78 is 16.7. The summed E-state index contributed by atoms with van der Waals surface area (Å²) >= 11 is 0. The molecule has 1 heterocycles. The highest BCUT2D eigenvalue weighted by Gasteiger charge is 2.44. The summed E-state index contributed by atoms with van der Waals surface area (Å²) in [7, 11) is 0. The lowest BCUT2D eigenvalue weighted by molar-refractivity contribution is -0.302. The molecule has 0 aromatic rings. The van der Waals surface area contributed by atoms with Crippen LogP contribution in [-0.2, 0) is 23.8 Å². The molecule has 1 saturated heterocycles. The molecule has 1 aliphatic rings. The zero-order chi connectivity index (χ0) is 56.6. The summed E-state index contributed by atoms with van der Waals surface area (Å²) in [5.74, 6) is -0.230. The second kappa shape index (κ2) is 55.7. The molecule has 450 valence electrons. The number of aliphatic hydroxyl groups is 5. The Bertz CT molecular complexity index is 1570. The van der Waals surface area contributed by atoms with E-state index in [1.54, 1.807) is 6.08 Å². The van der Waals surface area contributed by atoms with Crippen LogP contribution in [0.15, 0.2) is 85.1 Å². The summed E-state index contributed by atoms with van der Waals surface area (Å²) in [6, 6.07) is -0.845. The van der Waals surface area contributed by atoms with Gasteiger partial charge >= 0.3 is 5.97 Å². The Hall–Kier alpha value is -3.16. The zero-order valence-electron chi connectivity index (χ0n) is 49.6. The molecular weight excluding hydrogens is 979 g/mol. The number of unbranched alkanes of at least 4 members (excludes halogenated alkanes) is 28. The molecule has 1 amide bonds. The summed E-state index contributed by atoms with van der Waals surface area (Å²) in [5, 5.41) is 54.4. The highest BCUT2D eigenvalue weighted by molar-refractivity contribution is 5.76. The van der Waals surface area contributed by atoms with Crippen molar-refractivity contribution < 1.29 is 49.3 Å². The lowest BCUT2D eigenvalue weighted by atomic mass is 9.99. The molecule has 1 rings (SSSR count). The Balaban J connectivity index is 2.08. The van der Waals surface area contributed by atoms with Crippen molar-refractivity contribution in [2.24, 2.45) is 0 Å². The minimum atomic E-state index is -1.59. The van der Waals surface area contributed by atoms with E-state index in [9.17, 15) is 35.1 Å². The Morgan fingerprint density at radius 1 is 0.474 bits per heavy atom. The van der Waals surface area contributed by atoms with Gasteiger partial charge in [0.25, 0.3) is 0 Å². The van der Waals surface area contributed by atoms with Crippen molar-refractivity contribution in [3.63, 3.8) is 0 Å². The van der Waals surface area contributed by atoms with Gasteiger partial charge in [0.1, 0.15) is 24.4 Å². The predicted molar refractivity (Wildman–Crippen MR) is 324 cm³/mol. The van der Waals surface area contributed by atoms with Crippen molar-refractivity contribution in [3.8, 4) is 0 Å². The summed E-state index contributed by atoms with van der Waals surface area (Å²) in [4.78, 5) is 25.1. The highest BCUT2D eigenvalue weighted by Crippen LogP contribution is 2.23. The number of allylic oxidation sites excluding steroid dienone is 13. The van der Waals surface area contributed by atoms with Gasteiger partial charge in [-0.3, -0.25) is 9.59 Å². The van der Waals surface area contributed by atoms with Gasteiger partial charge in [-0.15, -0.1) is 0 Å². The molecule has 0 saturated carbocycles. The first-order valence-corrected chi connectivity index (χ1v) is 31.9. The third kappa shape index (κ3) is 44.6. The minimum Gasteiger partial charge on any atom is -0.466 e. The molecule has 7 unspecified atom stereocenters. The summed E-state index contributed by atoms with van der Waals surface area (Å²) in [6.07, 6.45) is 65.4. The third-order valence-corrected chi connectivity index (χ3v) is 14.4. The molecule has 0 bridgehead atoms. The largest absolute Gasteiger partial charge is 0.466 e. The van der Waals surface area contributed by atoms with Crippen LogP contribution in [-0.4, -0.2) is 100 Å². The van der Waals surface area contributed by atoms with Gasteiger partial charge in [0, 0.05) is 12.8 Å². The number of amides is 1. The number of hydrogen-bond acceptors (Lipinski definition) is 10. The molecule has 0 spiro atoms. The molecule has 0 aliphatic carbocycles. The lowest BCUT2D eigenvalue weighted by Gasteiger charge is -2.40. The molecule has 7 atom stereocenters. The van der Waals surface area contributed by atoms with Crippen molar-refractivity contribution in [1.82, 2.24) is 5.32 Å². The number of carbonyl (C=O) groups excluding carboxylic acids is 2. The van der Waals surface area contributed by atoms with Crippen LogP contribution in [0.1, 0.15) is 264 Å². The average molecular weight is 1100 g/mol. The monoisotopic (exact) mass is 1100 g/mol. The first-order valence-electron chi connectivity index (χ1n) is 31.9. The molecule has 0 radical (unpaired) electrons. The van der Waals surface area contributed by atoms with E-state index in [4.69, 9.17) is 14.2 Å².